The maximum Gasteiger partial charge on any atom is 0.244 e. The van der Waals surface area contributed by atoms with Gasteiger partial charge in [0.25, 0.3) is 0 Å². The van der Waals surface area contributed by atoms with Gasteiger partial charge in [0.2, 0.25) is 10.0 Å². The number of nitrogens with one attached hydrogen (secondary N) is 1. The maximum absolute atomic E-state index is 12.4. The number of aromatic nitrogens is 1. The van der Waals surface area contributed by atoms with Crippen LogP contribution in [0.3, 0.4) is 0 Å². The summed E-state index contributed by atoms with van der Waals surface area (Å²) < 4.78 is 32.3. The van der Waals surface area contributed by atoms with E-state index >= 15 is 0 Å². The number of nitrogen functional groups attached to an aromatic ring is 1. The molecule has 0 radical (unpaired) electrons. The van der Waals surface area contributed by atoms with E-state index in [2.05, 4.69) is 9.71 Å². The summed E-state index contributed by atoms with van der Waals surface area (Å²) in [5.41, 5.74) is 7.85. The minimum Gasteiger partial charge on any atom is -0.495 e. The molecule has 1 aromatic heterocycles. The summed E-state index contributed by atoms with van der Waals surface area (Å²) in [6.07, 6.45) is 3.30. The molecular formula is C14H17N3O3S. The van der Waals surface area contributed by atoms with Crippen molar-refractivity contribution in [1.29, 1.82) is 0 Å². The molecule has 2 aromatic rings. The number of nitrogens with two attached hydrogens (primary N) is 1. The number of hydrogen-bond donors (Lipinski definition) is 2. The Hall–Kier alpha value is -2.12. The van der Waals surface area contributed by atoms with Crippen molar-refractivity contribution in [2.45, 2.75) is 18.4 Å². The van der Waals surface area contributed by atoms with Crippen LogP contribution in [0.15, 0.2) is 41.6 Å². The topological polar surface area (TPSA) is 94.3 Å². The lowest BCUT2D eigenvalue weighted by molar-refractivity contribution is 0.402. The number of anilines is 1. The number of ether oxygens (including phenoxy) is 1. The number of aryl methyl sites for hydroxylation is 1. The SMILES string of the molecule is COc1cc(N)ccc1S(=O)(=O)NCc1cnccc1C. The van der Waals surface area contributed by atoms with Crippen LogP contribution in [0.2, 0.25) is 0 Å². The third kappa shape index (κ3) is 3.50. The van der Waals surface area contributed by atoms with Gasteiger partial charge >= 0.3 is 0 Å². The highest BCUT2D eigenvalue weighted by atomic mass is 32.2. The van der Waals surface area contributed by atoms with Crippen LogP contribution in [0.4, 0.5) is 5.69 Å². The summed E-state index contributed by atoms with van der Waals surface area (Å²) >= 11 is 0. The molecule has 1 aromatic carbocycles. The summed E-state index contributed by atoms with van der Waals surface area (Å²) in [5.74, 6) is 0.213. The summed E-state index contributed by atoms with van der Waals surface area (Å²) in [6.45, 7) is 2.06. The Morgan fingerprint density at radius 2 is 2.10 bits per heavy atom. The highest BCUT2D eigenvalue weighted by Gasteiger charge is 2.19. The van der Waals surface area contributed by atoms with Crippen LogP contribution in [0.1, 0.15) is 11.1 Å². The van der Waals surface area contributed by atoms with Gasteiger partial charge in [-0.1, -0.05) is 0 Å². The van der Waals surface area contributed by atoms with E-state index in [0.717, 1.165) is 11.1 Å². The van der Waals surface area contributed by atoms with Gasteiger partial charge in [-0.15, -0.1) is 0 Å². The Morgan fingerprint density at radius 3 is 2.76 bits per heavy atom. The van der Waals surface area contributed by atoms with Crippen molar-refractivity contribution in [3.63, 3.8) is 0 Å². The molecular weight excluding hydrogens is 290 g/mol. The molecule has 0 aliphatic heterocycles. The average molecular weight is 307 g/mol. The Kier molecular flexibility index (Phi) is 4.44. The van der Waals surface area contributed by atoms with Gasteiger partial charge in [0.1, 0.15) is 10.6 Å². The van der Waals surface area contributed by atoms with Crippen LogP contribution >= 0.6 is 0 Å². The van der Waals surface area contributed by atoms with E-state index in [1.807, 2.05) is 13.0 Å². The molecule has 0 fully saturated rings. The Bertz CT molecular complexity index is 745. The lowest BCUT2D eigenvalue weighted by Crippen LogP contribution is -2.24. The molecule has 7 heteroatoms. The summed E-state index contributed by atoms with van der Waals surface area (Å²) in [4.78, 5) is 4.04. The summed E-state index contributed by atoms with van der Waals surface area (Å²) in [5, 5.41) is 0. The minimum atomic E-state index is -3.69. The first kappa shape index (κ1) is 15.3. The smallest absolute Gasteiger partial charge is 0.244 e. The first-order valence-electron chi connectivity index (χ1n) is 6.26. The van der Waals surface area contributed by atoms with E-state index in [4.69, 9.17) is 10.5 Å². The molecule has 21 heavy (non-hydrogen) atoms. The van der Waals surface area contributed by atoms with E-state index in [1.165, 1.54) is 25.3 Å². The normalized spacial score (nSPS) is 11.3. The van der Waals surface area contributed by atoms with Crippen molar-refractivity contribution < 1.29 is 13.2 Å². The highest BCUT2D eigenvalue weighted by molar-refractivity contribution is 7.89. The summed E-state index contributed by atoms with van der Waals surface area (Å²) in [7, 11) is -2.29. The molecule has 0 amide bonds. The number of methoxy groups -OCH3 is 1. The van der Waals surface area contributed by atoms with E-state index in [1.54, 1.807) is 12.4 Å². The number of benzene rings is 1. The standard InChI is InChI=1S/C14H17N3O3S/c1-10-5-6-16-8-11(10)9-17-21(18,19)14-4-3-12(15)7-13(14)20-2/h3-8,17H,9,15H2,1-2H3. The van der Waals surface area contributed by atoms with Crippen molar-refractivity contribution in [2.75, 3.05) is 12.8 Å². The van der Waals surface area contributed by atoms with Gasteiger partial charge in [-0.3, -0.25) is 4.98 Å². The first-order chi connectivity index (χ1) is 9.94. The molecule has 3 N–H and O–H groups in total. The lowest BCUT2D eigenvalue weighted by atomic mass is 10.2. The average Bonchev–Trinajstić information content (AvgIpc) is 2.46. The van der Waals surface area contributed by atoms with Crippen molar-refractivity contribution >= 4 is 15.7 Å². The van der Waals surface area contributed by atoms with Gasteiger partial charge in [0.05, 0.1) is 7.11 Å². The molecule has 0 spiro atoms. The molecule has 112 valence electrons. The van der Waals surface area contributed by atoms with Gasteiger partial charge in [-0.2, -0.15) is 0 Å². The van der Waals surface area contributed by atoms with Gasteiger partial charge in [0, 0.05) is 30.7 Å². The number of hydrogen-bond acceptors (Lipinski definition) is 5. The predicted molar refractivity (Wildman–Crippen MR) is 80.4 cm³/mol. The van der Waals surface area contributed by atoms with E-state index in [9.17, 15) is 8.42 Å². The second-order valence-electron chi connectivity index (χ2n) is 4.54. The van der Waals surface area contributed by atoms with Crippen molar-refractivity contribution in [3.8, 4) is 5.75 Å². The third-order valence-electron chi connectivity index (χ3n) is 3.08. The number of nitrogens with zero attached hydrogens (tertiary/aromatic N) is 1. The van der Waals surface area contributed by atoms with Gasteiger partial charge in [-0.25, -0.2) is 13.1 Å². The molecule has 0 aliphatic rings. The second kappa shape index (κ2) is 6.11. The van der Waals surface area contributed by atoms with Crippen LogP contribution in [0.25, 0.3) is 0 Å². The quantitative estimate of drug-likeness (QED) is 0.816. The van der Waals surface area contributed by atoms with Crippen molar-refractivity contribution in [3.05, 3.63) is 47.8 Å². The minimum absolute atomic E-state index is 0.0562. The predicted octanol–water partition coefficient (Wildman–Crippen LogP) is 1.46. The fraction of sp³-hybridized carbons (Fsp3) is 0.214. The van der Waals surface area contributed by atoms with Gasteiger partial charge in [0.15, 0.2) is 0 Å². The van der Waals surface area contributed by atoms with E-state index < -0.39 is 10.0 Å². The molecule has 0 atom stereocenters. The maximum atomic E-state index is 12.4. The molecule has 0 bridgehead atoms. The number of rotatable bonds is 5. The zero-order valence-electron chi connectivity index (χ0n) is 11.8. The van der Waals surface area contributed by atoms with Crippen LogP contribution in [-0.4, -0.2) is 20.5 Å². The largest absolute Gasteiger partial charge is 0.495 e. The van der Waals surface area contributed by atoms with Crippen LogP contribution in [-0.2, 0) is 16.6 Å². The fourth-order valence-electron chi connectivity index (χ4n) is 1.84. The van der Waals surface area contributed by atoms with E-state index in [-0.39, 0.29) is 17.2 Å². The van der Waals surface area contributed by atoms with E-state index in [0.29, 0.717) is 5.69 Å². The number of sulfonamides is 1. The number of pyridine rings is 1. The van der Waals surface area contributed by atoms with Crippen LogP contribution in [0.5, 0.6) is 5.75 Å². The van der Waals surface area contributed by atoms with Crippen molar-refractivity contribution in [2.24, 2.45) is 0 Å². The molecule has 2 rings (SSSR count). The molecule has 0 aliphatic carbocycles. The molecule has 6 nitrogen and oxygen atoms in total. The third-order valence-corrected chi connectivity index (χ3v) is 4.52. The van der Waals surface area contributed by atoms with Gasteiger partial charge < -0.3 is 10.5 Å². The molecule has 0 unspecified atom stereocenters. The van der Waals surface area contributed by atoms with Crippen molar-refractivity contribution in [1.82, 2.24) is 9.71 Å². The highest BCUT2D eigenvalue weighted by Crippen LogP contribution is 2.26. The Balaban J connectivity index is 2.25. The monoisotopic (exact) mass is 307 g/mol. The Morgan fingerprint density at radius 1 is 1.33 bits per heavy atom. The molecule has 1 heterocycles. The van der Waals surface area contributed by atoms with Crippen LogP contribution in [0, 0.1) is 6.92 Å². The molecule has 0 saturated carbocycles. The summed E-state index contributed by atoms with van der Waals surface area (Å²) in [6, 6.07) is 6.25. The zero-order valence-corrected chi connectivity index (χ0v) is 12.6. The fourth-order valence-corrected chi connectivity index (χ4v) is 2.99. The van der Waals surface area contributed by atoms with Crippen LogP contribution < -0.4 is 15.2 Å². The first-order valence-corrected chi connectivity index (χ1v) is 7.75. The lowest BCUT2D eigenvalue weighted by Gasteiger charge is -2.12. The molecule has 0 saturated heterocycles. The Labute approximate surface area is 124 Å². The zero-order chi connectivity index (χ0) is 15.5. The van der Waals surface area contributed by atoms with Gasteiger partial charge in [-0.05, 0) is 36.2 Å². The second-order valence-corrected chi connectivity index (χ2v) is 6.27.